The number of aromatic nitrogens is 3. The van der Waals surface area contributed by atoms with Gasteiger partial charge < -0.3 is 10.2 Å². The molecule has 6 heteroatoms. The molecule has 2 aromatic heterocycles. The van der Waals surface area contributed by atoms with Crippen LogP contribution in [0.3, 0.4) is 0 Å². The van der Waals surface area contributed by atoms with Gasteiger partial charge in [-0.05, 0) is 48.0 Å². The van der Waals surface area contributed by atoms with Gasteiger partial charge >= 0.3 is 0 Å². The highest BCUT2D eigenvalue weighted by Crippen LogP contribution is 2.18. The van der Waals surface area contributed by atoms with Crippen LogP contribution in [0.15, 0.2) is 22.8 Å². The Balaban J connectivity index is 1.96. The molecule has 1 unspecified atom stereocenters. The van der Waals surface area contributed by atoms with Crippen molar-refractivity contribution in [3.63, 3.8) is 0 Å². The third-order valence-corrected chi connectivity index (χ3v) is 3.83. The fraction of sp³-hybridized carbons (Fsp3) is 0.500. The first-order valence-corrected chi connectivity index (χ1v) is 7.06. The zero-order valence-corrected chi connectivity index (χ0v) is 11.9. The summed E-state index contributed by atoms with van der Waals surface area (Å²) in [7, 11) is 0. The Morgan fingerprint density at radius 1 is 1.56 bits per heavy atom. The van der Waals surface area contributed by atoms with Gasteiger partial charge in [-0.2, -0.15) is 4.98 Å². The summed E-state index contributed by atoms with van der Waals surface area (Å²) >= 11 is 3.45. The molecule has 0 spiro atoms. The van der Waals surface area contributed by atoms with Crippen LogP contribution in [0.1, 0.15) is 13.3 Å². The summed E-state index contributed by atoms with van der Waals surface area (Å²) in [6, 6.07) is 4.47. The van der Waals surface area contributed by atoms with Gasteiger partial charge in [-0.1, -0.05) is 0 Å². The molecule has 1 atom stereocenters. The Bertz CT molecular complexity index is 546. The lowest BCUT2D eigenvalue weighted by molar-refractivity contribution is 0.631. The monoisotopic (exact) mass is 309 g/mol. The minimum absolute atomic E-state index is 0.510. The van der Waals surface area contributed by atoms with Crippen molar-refractivity contribution in [1.82, 2.24) is 19.9 Å². The van der Waals surface area contributed by atoms with Crippen LogP contribution in [0.5, 0.6) is 0 Å². The maximum atomic E-state index is 4.60. The molecule has 18 heavy (non-hydrogen) atoms. The number of hydrogen-bond acceptors (Lipinski definition) is 4. The Morgan fingerprint density at radius 3 is 3.17 bits per heavy atom. The minimum atomic E-state index is 0.510. The normalized spacial score (nSPS) is 19.6. The first kappa shape index (κ1) is 11.9. The van der Waals surface area contributed by atoms with E-state index >= 15 is 0 Å². The fourth-order valence-electron chi connectivity index (χ4n) is 2.44. The van der Waals surface area contributed by atoms with Crippen molar-refractivity contribution in [2.24, 2.45) is 0 Å². The average Bonchev–Trinajstić information content (AvgIpc) is 2.98. The second kappa shape index (κ2) is 4.85. The number of rotatable bonds is 3. The molecular weight excluding hydrogens is 294 g/mol. The first-order valence-electron chi connectivity index (χ1n) is 6.27. The molecule has 2 aromatic rings. The van der Waals surface area contributed by atoms with E-state index < -0.39 is 0 Å². The highest BCUT2D eigenvalue weighted by molar-refractivity contribution is 9.10. The van der Waals surface area contributed by atoms with Crippen molar-refractivity contribution in [3.05, 3.63) is 22.8 Å². The zero-order valence-electron chi connectivity index (χ0n) is 10.3. The van der Waals surface area contributed by atoms with Gasteiger partial charge in [0.1, 0.15) is 0 Å². The van der Waals surface area contributed by atoms with E-state index in [0.29, 0.717) is 6.04 Å². The lowest BCUT2D eigenvalue weighted by Gasteiger charge is -2.25. The van der Waals surface area contributed by atoms with E-state index in [1.165, 1.54) is 0 Å². The number of likely N-dealkylation sites (N-methyl/N-ethyl adjacent to an activating group) is 1. The maximum Gasteiger partial charge on any atom is 0.245 e. The topological polar surface area (TPSA) is 45.5 Å². The standard InChI is InChI=1S/C12H16BrN5/c1-2-17(10-5-6-14-7-10)12-15-11-4-3-9(13)8-18(11)16-12/h3-4,8,10,14H,2,5-7H2,1H3. The van der Waals surface area contributed by atoms with Crippen LogP contribution in [0.4, 0.5) is 5.95 Å². The van der Waals surface area contributed by atoms with Gasteiger partial charge in [0.2, 0.25) is 5.95 Å². The Kier molecular flexibility index (Phi) is 3.22. The molecule has 1 aliphatic rings. The van der Waals surface area contributed by atoms with E-state index in [2.05, 4.69) is 43.2 Å². The number of nitrogens with zero attached hydrogens (tertiary/aromatic N) is 4. The lowest BCUT2D eigenvalue weighted by atomic mass is 10.2. The van der Waals surface area contributed by atoms with Gasteiger partial charge in [0.15, 0.2) is 5.65 Å². The molecule has 0 bridgehead atoms. The molecule has 1 N–H and O–H groups in total. The van der Waals surface area contributed by atoms with E-state index in [1.54, 1.807) is 0 Å². The molecule has 0 aliphatic carbocycles. The molecule has 96 valence electrons. The van der Waals surface area contributed by atoms with Crippen LogP contribution in [0.25, 0.3) is 5.65 Å². The van der Waals surface area contributed by atoms with Crippen LogP contribution in [0, 0.1) is 0 Å². The summed E-state index contributed by atoms with van der Waals surface area (Å²) in [5, 5.41) is 7.95. The Labute approximate surface area is 114 Å². The molecule has 0 saturated carbocycles. The van der Waals surface area contributed by atoms with Gasteiger partial charge in [-0.15, -0.1) is 5.10 Å². The molecular formula is C12H16BrN5. The third-order valence-electron chi connectivity index (χ3n) is 3.36. The Hall–Kier alpha value is -1.14. The van der Waals surface area contributed by atoms with Crippen molar-refractivity contribution < 1.29 is 0 Å². The van der Waals surface area contributed by atoms with Gasteiger partial charge in [-0.3, -0.25) is 0 Å². The summed E-state index contributed by atoms with van der Waals surface area (Å²) in [4.78, 5) is 6.88. The molecule has 1 saturated heterocycles. The van der Waals surface area contributed by atoms with Crippen LogP contribution >= 0.6 is 15.9 Å². The lowest BCUT2D eigenvalue weighted by Crippen LogP contribution is -2.37. The van der Waals surface area contributed by atoms with Crippen LogP contribution in [0.2, 0.25) is 0 Å². The molecule has 0 amide bonds. The first-order chi connectivity index (χ1) is 8.78. The number of nitrogens with one attached hydrogen (secondary N) is 1. The van der Waals surface area contributed by atoms with E-state index in [-0.39, 0.29) is 0 Å². The quantitative estimate of drug-likeness (QED) is 0.937. The van der Waals surface area contributed by atoms with Crippen molar-refractivity contribution in [3.8, 4) is 0 Å². The van der Waals surface area contributed by atoms with Crippen molar-refractivity contribution in [1.29, 1.82) is 0 Å². The largest absolute Gasteiger partial charge is 0.335 e. The minimum Gasteiger partial charge on any atom is -0.335 e. The highest BCUT2D eigenvalue weighted by Gasteiger charge is 2.24. The number of pyridine rings is 1. The molecule has 5 nitrogen and oxygen atoms in total. The Morgan fingerprint density at radius 2 is 2.44 bits per heavy atom. The van der Waals surface area contributed by atoms with Crippen LogP contribution in [-0.4, -0.2) is 40.3 Å². The van der Waals surface area contributed by atoms with Gasteiger partial charge in [0.25, 0.3) is 0 Å². The van der Waals surface area contributed by atoms with E-state index in [1.807, 2.05) is 22.8 Å². The van der Waals surface area contributed by atoms with Gasteiger partial charge in [-0.25, -0.2) is 4.52 Å². The molecule has 1 fully saturated rings. The number of fused-ring (bicyclic) bond motifs is 1. The highest BCUT2D eigenvalue weighted by atomic mass is 79.9. The predicted octanol–water partition coefficient (Wildman–Crippen LogP) is 1.68. The summed E-state index contributed by atoms with van der Waals surface area (Å²) in [5.41, 5.74) is 0.887. The number of anilines is 1. The van der Waals surface area contributed by atoms with E-state index in [4.69, 9.17) is 0 Å². The van der Waals surface area contributed by atoms with Gasteiger partial charge in [0, 0.05) is 29.8 Å². The number of hydrogen-bond donors (Lipinski definition) is 1. The fourth-order valence-corrected chi connectivity index (χ4v) is 2.76. The average molecular weight is 310 g/mol. The summed E-state index contributed by atoms with van der Waals surface area (Å²) < 4.78 is 2.84. The smallest absolute Gasteiger partial charge is 0.245 e. The van der Waals surface area contributed by atoms with Gasteiger partial charge in [0.05, 0.1) is 0 Å². The summed E-state index contributed by atoms with van der Waals surface area (Å²) in [6.45, 7) is 5.19. The second-order valence-corrected chi connectivity index (χ2v) is 5.41. The summed E-state index contributed by atoms with van der Waals surface area (Å²) in [6.07, 6.45) is 3.10. The number of halogens is 1. The van der Waals surface area contributed by atoms with Crippen LogP contribution in [-0.2, 0) is 0 Å². The van der Waals surface area contributed by atoms with Crippen molar-refractivity contribution >= 4 is 27.5 Å². The molecule has 0 aromatic carbocycles. The second-order valence-electron chi connectivity index (χ2n) is 4.49. The molecule has 3 rings (SSSR count). The molecule has 3 heterocycles. The van der Waals surface area contributed by atoms with E-state index in [0.717, 1.165) is 42.1 Å². The predicted molar refractivity (Wildman–Crippen MR) is 75.0 cm³/mol. The maximum absolute atomic E-state index is 4.60. The summed E-state index contributed by atoms with van der Waals surface area (Å²) in [5.74, 6) is 0.823. The molecule has 0 radical (unpaired) electrons. The SMILES string of the molecule is CCN(c1nc2ccc(Br)cn2n1)C1CCNC1. The third kappa shape index (κ3) is 2.10. The zero-order chi connectivity index (χ0) is 12.5. The van der Waals surface area contributed by atoms with Crippen LogP contribution < -0.4 is 10.2 Å². The molecule has 1 aliphatic heterocycles. The van der Waals surface area contributed by atoms with Crippen molar-refractivity contribution in [2.75, 3.05) is 24.5 Å². The van der Waals surface area contributed by atoms with E-state index in [9.17, 15) is 0 Å². The van der Waals surface area contributed by atoms with Crippen molar-refractivity contribution in [2.45, 2.75) is 19.4 Å².